The third-order valence-corrected chi connectivity index (χ3v) is 14.5. The first-order valence-electron chi connectivity index (χ1n) is 20.3. The summed E-state index contributed by atoms with van der Waals surface area (Å²) in [4.78, 5) is 14.8. The zero-order valence-corrected chi connectivity index (χ0v) is 33.8. The molecule has 0 bridgehead atoms. The molecule has 0 N–H and O–H groups in total. The van der Waals surface area contributed by atoms with Gasteiger partial charge in [0.05, 0.1) is 0 Å². The minimum atomic E-state index is -3.12. The van der Waals surface area contributed by atoms with Gasteiger partial charge in [0, 0.05) is 48.8 Å². The van der Waals surface area contributed by atoms with Crippen LogP contribution >= 0.6 is 7.14 Å². The first-order chi connectivity index (χ1) is 30.1. The molecule has 0 fully saturated rings. The van der Waals surface area contributed by atoms with Crippen LogP contribution < -0.4 is 15.9 Å². The van der Waals surface area contributed by atoms with Crippen molar-refractivity contribution in [1.82, 2.24) is 15.0 Å². The van der Waals surface area contributed by atoms with Crippen LogP contribution in [0.25, 0.3) is 89.1 Å². The van der Waals surface area contributed by atoms with Gasteiger partial charge in [0.2, 0.25) is 0 Å². The van der Waals surface area contributed by atoms with Crippen molar-refractivity contribution in [3.05, 3.63) is 218 Å². The molecule has 0 aliphatic carbocycles. The first-order valence-corrected chi connectivity index (χ1v) is 22.0. The minimum Gasteiger partial charge on any atom is -0.455 e. The van der Waals surface area contributed by atoms with E-state index in [4.69, 9.17) is 19.4 Å². The molecule has 6 heteroatoms. The van der Waals surface area contributed by atoms with E-state index in [1.165, 1.54) is 0 Å². The lowest BCUT2D eigenvalue weighted by molar-refractivity contribution is 0.592. The molecule has 0 aliphatic heterocycles. The lowest BCUT2D eigenvalue weighted by Crippen LogP contribution is -2.24. The van der Waals surface area contributed by atoms with Gasteiger partial charge < -0.3 is 8.98 Å². The predicted octanol–water partition coefficient (Wildman–Crippen LogP) is 12.9. The Balaban J connectivity index is 1.02. The molecule has 0 saturated carbocycles. The second-order valence-electron chi connectivity index (χ2n) is 15.1. The van der Waals surface area contributed by atoms with Crippen LogP contribution in [0.15, 0.2) is 223 Å². The van der Waals surface area contributed by atoms with E-state index in [1.54, 1.807) is 0 Å². The number of aromatic nitrogens is 3. The molecule has 2 aromatic heterocycles. The van der Waals surface area contributed by atoms with Gasteiger partial charge in [-0.3, -0.25) is 0 Å². The molecule has 0 amide bonds. The molecule has 0 atom stereocenters. The SMILES string of the molecule is O=P(c1ccccc1)(c1ccccc1)c1ccc(-c2cccc3oc4c5ccccc5c(-c5ccc(-c6nc(-c7ccccc7)nc(-c7ccccc7)n6)cc5)cc4c23)cc1. The fourth-order valence-electron chi connectivity index (χ4n) is 8.44. The lowest BCUT2D eigenvalue weighted by atomic mass is 9.93. The van der Waals surface area contributed by atoms with Gasteiger partial charge in [0.1, 0.15) is 11.2 Å². The van der Waals surface area contributed by atoms with Crippen molar-refractivity contribution in [3.63, 3.8) is 0 Å². The number of fused-ring (bicyclic) bond motifs is 5. The van der Waals surface area contributed by atoms with Gasteiger partial charge in [0.25, 0.3) is 0 Å². The maximum atomic E-state index is 15.1. The summed E-state index contributed by atoms with van der Waals surface area (Å²) in [7, 11) is -3.12. The number of rotatable bonds is 8. The molecule has 0 spiro atoms. The van der Waals surface area contributed by atoms with E-state index in [2.05, 4.69) is 72.8 Å². The number of hydrogen-bond donors (Lipinski definition) is 0. The number of benzene rings is 9. The second-order valence-corrected chi connectivity index (χ2v) is 17.8. The van der Waals surface area contributed by atoms with E-state index in [0.29, 0.717) is 17.5 Å². The predicted molar refractivity (Wildman–Crippen MR) is 251 cm³/mol. The number of furan rings is 1. The standard InChI is InChI=1S/C55H36N3O2P/c59-61(42-20-9-3-10-21-42,43-22-11-4-12-23-43)44-34-32-37(33-35-44)45-26-15-27-50-51(45)49-36-48(46-24-13-14-25-47(46)52(49)60-50)38-28-30-41(31-29-38)55-57-53(39-16-5-1-6-17-39)56-54(58-55)40-18-7-2-8-19-40/h1-36H. The van der Waals surface area contributed by atoms with Gasteiger partial charge in [0.15, 0.2) is 24.6 Å². The van der Waals surface area contributed by atoms with Crippen LogP contribution in [0.2, 0.25) is 0 Å². The van der Waals surface area contributed by atoms with Crippen molar-refractivity contribution < 1.29 is 8.98 Å². The Morgan fingerprint density at radius 1 is 0.344 bits per heavy atom. The maximum Gasteiger partial charge on any atom is 0.171 e. The van der Waals surface area contributed by atoms with E-state index < -0.39 is 7.14 Å². The van der Waals surface area contributed by atoms with Crippen LogP contribution in [0.3, 0.4) is 0 Å². The molecule has 0 saturated heterocycles. The molecular formula is C55H36N3O2P. The van der Waals surface area contributed by atoms with Crippen LogP contribution in [0.4, 0.5) is 0 Å². The zero-order valence-electron chi connectivity index (χ0n) is 32.9. The van der Waals surface area contributed by atoms with Crippen molar-refractivity contribution in [1.29, 1.82) is 0 Å². The van der Waals surface area contributed by atoms with Crippen molar-refractivity contribution in [2.45, 2.75) is 0 Å². The molecule has 61 heavy (non-hydrogen) atoms. The van der Waals surface area contributed by atoms with Crippen molar-refractivity contribution >= 4 is 55.8 Å². The van der Waals surface area contributed by atoms with Gasteiger partial charge in [-0.2, -0.15) is 0 Å². The largest absolute Gasteiger partial charge is 0.455 e. The summed E-state index contributed by atoms with van der Waals surface area (Å²) in [6, 6.07) is 73.3. The Hall–Kier alpha value is -7.72. The Kier molecular flexibility index (Phi) is 9.03. The van der Waals surface area contributed by atoms with Gasteiger partial charge in [-0.1, -0.05) is 206 Å². The molecule has 9 aromatic carbocycles. The number of hydrogen-bond acceptors (Lipinski definition) is 5. The number of nitrogens with zero attached hydrogens (tertiary/aromatic N) is 3. The van der Waals surface area contributed by atoms with E-state index in [-0.39, 0.29) is 0 Å². The normalized spacial score (nSPS) is 11.7. The van der Waals surface area contributed by atoms with Crippen LogP contribution in [0.1, 0.15) is 0 Å². The maximum absolute atomic E-state index is 15.1. The van der Waals surface area contributed by atoms with E-state index in [0.717, 1.165) is 87.6 Å². The van der Waals surface area contributed by atoms with Gasteiger partial charge in [-0.15, -0.1) is 0 Å². The van der Waals surface area contributed by atoms with Crippen LogP contribution in [0, 0.1) is 0 Å². The fourth-order valence-corrected chi connectivity index (χ4v) is 11.1. The van der Waals surface area contributed by atoms with Gasteiger partial charge in [-0.25, -0.2) is 15.0 Å². The van der Waals surface area contributed by atoms with Crippen LogP contribution in [-0.2, 0) is 4.57 Å². The van der Waals surface area contributed by atoms with Crippen molar-refractivity contribution in [3.8, 4) is 56.4 Å². The average Bonchev–Trinajstić information content (AvgIpc) is 3.74. The van der Waals surface area contributed by atoms with Crippen LogP contribution in [-0.4, -0.2) is 15.0 Å². The molecule has 11 aromatic rings. The summed E-state index contributed by atoms with van der Waals surface area (Å²) in [6.07, 6.45) is 0. The highest BCUT2D eigenvalue weighted by Crippen LogP contribution is 2.45. The van der Waals surface area contributed by atoms with E-state index in [1.807, 2.05) is 146 Å². The first kappa shape index (κ1) is 36.4. The summed E-state index contributed by atoms with van der Waals surface area (Å²) in [6.45, 7) is 0. The molecule has 0 aliphatic rings. The highest BCUT2D eigenvalue weighted by atomic mass is 31.2. The zero-order chi connectivity index (χ0) is 40.8. The summed E-state index contributed by atoms with van der Waals surface area (Å²) in [5, 5.41) is 6.63. The molecule has 2 heterocycles. The van der Waals surface area contributed by atoms with Crippen LogP contribution in [0.5, 0.6) is 0 Å². The average molecular weight is 802 g/mol. The van der Waals surface area contributed by atoms with Crippen molar-refractivity contribution in [2.75, 3.05) is 0 Å². The van der Waals surface area contributed by atoms with Gasteiger partial charge >= 0.3 is 0 Å². The molecular weight excluding hydrogens is 766 g/mol. The minimum absolute atomic E-state index is 0.611. The molecule has 0 radical (unpaired) electrons. The Morgan fingerprint density at radius 2 is 0.770 bits per heavy atom. The third-order valence-electron chi connectivity index (χ3n) is 11.4. The Morgan fingerprint density at radius 3 is 1.33 bits per heavy atom. The Labute approximate surface area is 353 Å². The molecule has 0 unspecified atom stereocenters. The van der Waals surface area contributed by atoms with E-state index in [9.17, 15) is 0 Å². The summed E-state index contributed by atoms with van der Waals surface area (Å²) in [5.41, 5.74) is 8.65. The third kappa shape index (κ3) is 6.44. The lowest BCUT2D eigenvalue weighted by Gasteiger charge is -2.20. The fraction of sp³-hybridized carbons (Fsp3) is 0. The monoisotopic (exact) mass is 801 g/mol. The Bertz CT molecular complexity index is 3310. The van der Waals surface area contributed by atoms with Gasteiger partial charge in [-0.05, 0) is 39.8 Å². The topological polar surface area (TPSA) is 68.9 Å². The highest BCUT2D eigenvalue weighted by molar-refractivity contribution is 7.85. The smallest absolute Gasteiger partial charge is 0.171 e. The summed E-state index contributed by atoms with van der Waals surface area (Å²) >= 11 is 0. The molecule has 288 valence electrons. The van der Waals surface area contributed by atoms with E-state index >= 15 is 4.57 Å². The summed E-state index contributed by atoms with van der Waals surface area (Å²) < 4.78 is 21.9. The molecule has 5 nitrogen and oxygen atoms in total. The second kappa shape index (κ2) is 15.1. The summed E-state index contributed by atoms with van der Waals surface area (Å²) in [5.74, 6) is 1.87. The highest BCUT2D eigenvalue weighted by Gasteiger charge is 2.29. The molecule has 11 rings (SSSR count). The van der Waals surface area contributed by atoms with Crippen molar-refractivity contribution in [2.24, 2.45) is 0 Å². The quantitative estimate of drug-likeness (QED) is 0.143.